The predicted octanol–water partition coefficient (Wildman–Crippen LogP) is 16.1. The quantitative estimate of drug-likeness (QED) is 0.0230. The van der Waals surface area contributed by atoms with E-state index in [1.165, 1.54) is 15.9 Å². The molecule has 4 nitrogen and oxygen atoms in total. The molecule has 0 N–H and O–H groups in total. The molecule has 0 bridgehead atoms. The fourth-order valence-corrected chi connectivity index (χ4v) is 22.1. The minimum absolute atomic E-state index is 0.00582. The Morgan fingerprint density at radius 1 is 0.597 bits per heavy atom. The molecule has 0 heterocycles. The van der Waals surface area contributed by atoms with Crippen molar-refractivity contribution in [2.24, 2.45) is 29.6 Å². The predicted molar refractivity (Wildman–Crippen MR) is 309 cm³/mol. The molecule has 8 atom stereocenters. The third kappa shape index (κ3) is 14.0. The summed E-state index contributed by atoms with van der Waals surface area (Å²) in [6, 6.07) is 42.2. The van der Waals surface area contributed by atoms with Gasteiger partial charge in [0.2, 0.25) is 0 Å². The Kier molecular flexibility index (Phi) is 20.4. The average Bonchev–Trinajstić information content (AvgIpc) is 3.29. The zero-order chi connectivity index (χ0) is 49.9. The Labute approximate surface area is 424 Å². The summed E-state index contributed by atoms with van der Waals surface area (Å²) in [7, 11) is -2.70. The van der Waals surface area contributed by atoms with Crippen LogP contribution in [0.5, 0.6) is 5.75 Å². The number of rotatable bonds is 24. The van der Waals surface area contributed by atoms with E-state index in [1.54, 1.807) is 7.11 Å². The van der Waals surface area contributed by atoms with Crippen LogP contribution in [0, 0.1) is 29.6 Å². The third-order valence-corrected chi connectivity index (χ3v) is 35.8. The van der Waals surface area contributed by atoms with Crippen LogP contribution >= 0.6 is 26.3 Å². The van der Waals surface area contributed by atoms with Crippen LogP contribution in [0.2, 0.25) is 36.3 Å². The molecule has 368 valence electrons. The van der Waals surface area contributed by atoms with Gasteiger partial charge in [-0.3, -0.25) is 0 Å². The molecule has 67 heavy (non-hydrogen) atoms. The van der Waals surface area contributed by atoms with Gasteiger partial charge in [-0.05, 0) is 17.7 Å². The molecule has 4 rings (SSSR count). The van der Waals surface area contributed by atoms with Crippen molar-refractivity contribution in [3.63, 3.8) is 0 Å². The van der Waals surface area contributed by atoms with E-state index in [1.807, 2.05) is 24.3 Å². The van der Waals surface area contributed by atoms with Gasteiger partial charge in [-0.15, -0.1) is 0 Å². The summed E-state index contributed by atoms with van der Waals surface area (Å²) in [5, 5.41) is 4.34. The fourth-order valence-electron chi connectivity index (χ4n) is 9.14. The number of ether oxygens (including phenoxy) is 2. The number of benzene rings is 4. The van der Waals surface area contributed by atoms with Crippen LogP contribution in [-0.2, 0) is 20.2 Å². The molecular formula is C59H88IO4PSi2. The molecule has 0 amide bonds. The van der Waals surface area contributed by atoms with Gasteiger partial charge in [0.15, 0.2) is 0 Å². The molecule has 0 saturated heterocycles. The molecule has 4 aromatic rings. The molecule has 0 fully saturated rings. The van der Waals surface area contributed by atoms with E-state index in [2.05, 4.69) is 252 Å². The Hall–Kier alpha value is -2.63. The summed E-state index contributed by atoms with van der Waals surface area (Å²) in [6.07, 6.45) is 12.8. The van der Waals surface area contributed by atoms with E-state index >= 15 is 0 Å². The van der Waals surface area contributed by atoms with Gasteiger partial charge in [-0.25, -0.2) is 0 Å². The molecule has 0 spiro atoms. The van der Waals surface area contributed by atoms with Crippen LogP contribution < -0.4 is 20.7 Å². The van der Waals surface area contributed by atoms with Gasteiger partial charge < -0.3 is 4.74 Å². The first-order valence-electron chi connectivity index (χ1n) is 24.8. The fraction of sp³-hybridized carbons (Fsp3) is 0.492. The SMILES string of the molecule is C=C/C=C\[C@H](C)[C@H](OCc1ccc(OC)cc1)[C@@H](C)[C@H](O[Si](C)(C)C(C)(C)C)[C@@H](C)C/C=C\[C@H](C)[C@@H](O[Si](C)(C)C(C)(C)C)[C@@H](C)CP(I)(c1ccccc1)(c1ccccc1)c1ccccc1. The molecule has 0 aliphatic rings. The Balaban J connectivity index is 1.76. The molecule has 4 aromatic carbocycles. The van der Waals surface area contributed by atoms with E-state index in [0.717, 1.165) is 23.9 Å². The minimum atomic E-state index is -3.09. The van der Waals surface area contributed by atoms with Gasteiger partial charge in [0.1, 0.15) is 5.75 Å². The van der Waals surface area contributed by atoms with Crippen LogP contribution in [0.1, 0.15) is 88.1 Å². The van der Waals surface area contributed by atoms with Crippen LogP contribution in [0.15, 0.2) is 152 Å². The average molecular weight is 1080 g/mol. The summed E-state index contributed by atoms with van der Waals surface area (Å²) in [4.78, 5) is 0. The first-order chi connectivity index (χ1) is 31.3. The van der Waals surface area contributed by atoms with Gasteiger partial charge in [-0.2, -0.15) is 0 Å². The van der Waals surface area contributed by atoms with E-state index in [4.69, 9.17) is 18.3 Å². The van der Waals surface area contributed by atoms with Crippen molar-refractivity contribution in [3.05, 3.63) is 158 Å². The summed E-state index contributed by atoms with van der Waals surface area (Å²) in [5.74, 6) is 1.74. The Morgan fingerprint density at radius 3 is 1.45 bits per heavy atom. The van der Waals surface area contributed by atoms with E-state index in [-0.39, 0.29) is 58.0 Å². The van der Waals surface area contributed by atoms with Crippen molar-refractivity contribution in [1.82, 2.24) is 0 Å². The second-order valence-electron chi connectivity index (χ2n) is 22.5. The molecule has 8 heteroatoms. The van der Waals surface area contributed by atoms with Gasteiger partial charge in [0.25, 0.3) is 0 Å². The zero-order valence-electron chi connectivity index (χ0n) is 44.3. The molecular weight excluding hydrogens is 987 g/mol. The van der Waals surface area contributed by atoms with Crippen molar-refractivity contribution in [3.8, 4) is 5.75 Å². The molecule has 0 saturated carbocycles. The maximum atomic E-state index is 7.69. The van der Waals surface area contributed by atoms with Gasteiger partial charge in [-0.1, -0.05) is 64.6 Å². The van der Waals surface area contributed by atoms with E-state index in [9.17, 15) is 0 Å². The Bertz CT molecular complexity index is 2060. The normalized spacial score (nSPS) is 17.5. The van der Waals surface area contributed by atoms with Crippen LogP contribution in [0.25, 0.3) is 0 Å². The standard InChI is InChI=1S/C59H88IO4PSi2/c1-18-19-30-46(3)56(62-43-50-39-41-51(61-13)42-40-50)49(6)57(64-67(16,17)59(10,11)12)47(4)32-29-31-45(2)55(63-66(14,15)58(7,8)9)48(5)44-65(60,52-33-23-20-24-34-52,53-35-25-21-26-36-53)54-37-27-22-28-38-54/h18-31,33-42,45-49,55-57H,1,32,43-44H2,2-17H3/b30-19-,31-29-/t45-,46-,47-,48-,49+,55+,56-,57+/m0/s1. The molecule has 0 aromatic heterocycles. The van der Waals surface area contributed by atoms with Crippen molar-refractivity contribution >= 4 is 58.8 Å². The Morgan fingerprint density at radius 2 is 1.03 bits per heavy atom. The van der Waals surface area contributed by atoms with Gasteiger partial charge in [0, 0.05) is 0 Å². The molecule has 0 aliphatic carbocycles. The second kappa shape index (κ2) is 24.0. The van der Waals surface area contributed by atoms with E-state index < -0.39 is 20.9 Å². The monoisotopic (exact) mass is 1070 g/mol. The number of hydrogen-bond donors (Lipinski definition) is 0. The topological polar surface area (TPSA) is 36.9 Å². The van der Waals surface area contributed by atoms with E-state index in [0.29, 0.717) is 6.61 Å². The zero-order valence-corrected chi connectivity index (χ0v) is 49.3. The summed E-state index contributed by atoms with van der Waals surface area (Å²) < 4.78 is 24.5. The van der Waals surface area contributed by atoms with Crippen molar-refractivity contribution < 1.29 is 18.3 Å². The second-order valence-corrected chi connectivity index (χ2v) is 42.7. The molecule has 0 radical (unpaired) electrons. The summed E-state index contributed by atoms with van der Waals surface area (Å²) in [6.45, 7) is 40.1. The number of halogens is 1. The first kappa shape index (κ1) is 57.0. The van der Waals surface area contributed by atoms with Crippen molar-refractivity contribution in [2.75, 3.05) is 13.3 Å². The third-order valence-electron chi connectivity index (χ3n) is 15.3. The van der Waals surface area contributed by atoms with Crippen LogP contribution in [0.4, 0.5) is 0 Å². The number of hydrogen-bond acceptors (Lipinski definition) is 4. The van der Waals surface area contributed by atoms with Crippen LogP contribution in [0.3, 0.4) is 0 Å². The maximum absolute atomic E-state index is 7.69. The van der Waals surface area contributed by atoms with Gasteiger partial charge in [0.05, 0.1) is 13.7 Å². The van der Waals surface area contributed by atoms with Crippen molar-refractivity contribution in [1.29, 1.82) is 0 Å². The molecule has 0 aliphatic heterocycles. The summed E-state index contributed by atoms with van der Waals surface area (Å²) >= 11 is 2.96. The summed E-state index contributed by atoms with van der Waals surface area (Å²) in [5.41, 5.74) is 1.12. The molecule has 0 unspecified atom stereocenters. The number of allylic oxidation sites excluding steroid dienone is 3. The first-order valence-corrected chi connectivity index (χ1v) is 35.8. The number of methoxy groups -OCH3 is 1. The van der Waals surface area contributed by atoms with Crippen LogP contribution in [-0.4, -0.2) is 48.2 Å². The van der Waals surface area contributed by atoms with Gasteiger partial charge >= 0.3 is 321 Å². The van der Waals surface area contributed by atoms with Crippen molar-refractivity contribution in [2.45, 2.75) is 144 Å².